The van der Waals surface area contributed by atoms with Gasteiger partial charge in [-0.2, -0.15) is 0 Å². The molecule has 0 bridgehead atoms. The maximum atomic E-state index is 12.6. The highest BCUT2D eigenvalue weighted by atomic mass is 16.5. The smallest absolute Gasteiger partial charge is 0.265 e. The number of aryl methyl sites for hydroxylation is 2. The summed E-state index contributed by atoms with van der Waals surface area (Å²) in [7, 11) is 0. The van der Waals surface area contributed by atoms with E-state index in [2.05, 4.69) is 16.7 Å². The molecule has 0 spiro atoms. The van der Waals surface area contributed by atoms with Crippen molar-refractivity contribution >= 4 is 17.5 Å². The zero-order valence-corrected chi connectivity index (χ0v) is 16.8. The summed E-state index contributed by atoms with van der Waals surface area (Å²) in [5.41, 5.74) is 4.10. The van der Waals surface area contributed by atoms with Gasteiger partial charge in [-0.1, -0.05) is 18.2 Å². The average molecular weight is 368 g/mol. The molecule has 1 unspecified atom stereocenters. The lowest BCUT2D eigenvalue weighted by atomic mass is 10.1. The van der Waals surface area contributed by atoms with Gasteiger partial charge in [0.15, 0.2) is 6.10 Å². The monoisotopic (exact) mass is 368 g/mol. The molecule has 0 aromatic heterocycles. The van der Waals surface area contributed by atoms with Crippen LogP contribution in [0.4, 0.5) is 5.69 Å². The molecule has 1 atom stereocenters. The van der Waals surface area contributed by atoms with E-state index in [0.29, 0.717) is 17.0 Å². The molecule has 2 amide bonds. The molecule has 2 aromatic carbocycles. The molecule has 0 saturated carbocycles. The van der Waals surface area contributed by atoms with E-state index in [4.69, 9.17) is 4.74 Å². The first-order chi connectivity index (χ1) is 12.7. The molecule has 0 heterocycles. The highest BCUT2D eigenvalue weighted by Gasteiger charge is 2.19. The molecule has 5 nitrogen and oxygen atoms in total. The highest BCUT2D eigenvalue weighted by Crippen LogP contribution is 2.25. The fraction of sp³-hybridized carbons (Fsp3) is 0.364. The van der Waals surface area contributed by atoms with Gasteiger partial charge in [-0.05, 0) is 76.4 Å². The van der Waals surface area contributed by atoms with Gasteiger partial charge >= 0.3 is 0 Å². The molecular formula is C22H28N2O3. The Balaban J connectivity index is 2.15. The molecule has 0 fully saturated rings. The van der Waals surface area contributed by atoms with E-state index in [-0.39, 0.29) is 17.9 Å². The summed E-state index contributed by atoms with van der Waals surface area (Å²) < 4.78 is 5.89. The summed E-state index contributed by atoms with van der Waals surface area (Å²) in [5, 5.41) is 5.65. The number of amides is 2. The summed E-state index contributed by atoms with van der Waals surface area (Å²) in [4.78, 5) is 25.0. The molecule has 0 aliphatic heterocycles. The predicted octanol–water partition coefficient (Wildman–Crippen LogP) is 4.16. The van der Waals surface area contributed by atoms with Crippen LogP contribution in [0.2, 0.25) is 0 Å². The van der Waals surface area contributed by atoms with Gasteiger partial charge in [0.05, 0.1) is 11.3 Å². The normalized spacial score (nSPS) is 11.8. The maximum absolute atomic E-state index is 12.6. The maximum Gasteiger partial charge on any atom is 0.265 e. The van der Waals surface area contributed by atoms with E-state index in [1.54, 1.807) is 31.2 Å². The van der Waals surface area contributed by atoms with E-state index in [1.165, 1.54) is 0 Å². The highest BCUT2D eigenvalue weighted by molar-refractivity contribution is 6.04. The number of rotatable bonds is 6. The van der Waals surface area contributed by atoms with E-state index >= 15 is 0 Å². The van der Waals surface area contributed by atoms with E-state index in [9.17, 15) is 9.59 Å². The molecule has 0 saturated heterocycles. The van der Waals surface area contributed by atoms with Crippen molar-refractivity contribution in [1.29, 1.82) is 0 Å². The van der Waals surface area contributed by atoms with Gasteiger partial charge in [0, 0.05) is 6.04 Å². The van der Waals surface area contributed by atoms with Crippen molar-refractivity contribution in [3.63, 3.8) is 0 Å². The Morgan fingerprint density at radius 1 is 1.00 bits per heavy atom. The summed E-state index contributed by atoms with van der Waals surface area (Å²) in [6, 6.07) is 11.0. The molecule has 2 aromatic rings. The second-order valence-electron chi connectivity index (χ2n) is 7.13. The van der Waals surface area contributed by atoms with Crippen molar-refractivity contribution in [2.75, 3.05) is 5.32 Å². The third-order valence-electron chi connectivity index (χ3n) is 4.29. The van der Waals surface area contributed by atoms with Crippen LogP contribution in [0.3, 0.4) is 0 Å². The predicted molar refractivity (Wildman–Crippen MR) is 108 cm³/mol. The minimum atomic E-state index is -0.703. The summed E-state index contributed by atoms with van der Waals surface area (Å²) >= 11 is 0. The third-order valence-corrected chi connectivity index (χ3v) is 4.29. The van der Waals surface area contributed by atoms with Crippen LogP contribution in [0.15, 0.2) is 36.4 Å². The number of nitrogens with one attached hydrogen (secondary N) is 2. The number of carbonyl (C=O) groups is 2. The molecule has 0 radical (unpaired) electrons. The molecule has 144 valence electrons. The lowest BCUT2D eigenvalue weighted by Gasteiger charge is -2.19. The van der Waals surface area contributed by atoms with Gasteiger partial charge in [0.25, 0.3) is 11.8 Å². The standard InChI is InChI=1S/C22H28N2O3/c1-13(2)23-22(26)18-9-7-8-10-19(18)24-21(25)17(6)27-20-12-14(3)11-15(4)16(20)5/h7-13,17H,1-6H3,(H,23,26)(H,24,25). The Morgan fingerprint density at radius 2 is 1.67 bits per heavy atom. The Morgan fingerprint density at radius 3 is 2.33 bits per heavy atom. The van der Waals surface area contributed by atoms with Crippen LogP contribution in [-0.4, -0.2) is 24.0 Å². The average Bonchev–Trinajstić information content (AvgIpc) is 2.58. The Kier molecular flexibility index (Phi) is 6.61. The van der Waals surface area contributed by atoms with Crippen molar-refractivity contribution in [3.8, 4) is 5.75 Å². The van der Waals surface area contributed by atoms with Crippen molar-refractivity contribution in [2.24, 2.45) is 0 Å². The first-order valence-corrected chi connectivity index (χ1v) is 9.14. The zero-order chi connectivity index (χ0) is 20.1. The van der Waals surface area contributed by atoms with Crippen LogP contribution in [0.5, 0.6) is 5.75 Å². The SMILES string of the molecule is Cc1cc(C)c(C)c(OC(C)C(=O)Nc2ccccc2C(=O)NC(C)C)c1. The van der Waals surface area contributed by atoms with Crippen molar-refractivity contribution in [3.05, 3.63) is 58.7 Å². The fourth-order valence-corrected chi connectivity index (χ4v) is 2.73. The number of para-hydroxylation sites is 1. The molecule has 5 heteroatoms. The Bertz CT molecular complexity index is 843. The number of ether oxygens (including phenoxy) is 1. The Hall–Kier alpha value is -2.82. The quantitative estimate of drug-likeness (QED) is 0.805. The van der Waals surface area contributed by atoms with Crippen LogP contribution in [0, 0.1) is 20.8 Å². The van der Waals surface area contributed by atoms with Gasteiger partial charge in [-0.25, -0.2) is 0 Å². The number of hydrogen-bond donors (Lipinski definition) is 2. The van der Waals surface area contributed by atoms with Gasteiger partial charge in [0.2, 0.25) is 0 Å². The molecule has 0 aliphatic carbocycles. The van der Waals surface area contributed by atoms with Gasteiger partial charge in [0.1, 0.15) is 5.75 Å². The van der Waals surface area contributed by atoms with Crippen molar-refractivity contribution in [1.82, 2.24) is 5.32 Å². The fourth-order valence-electron chi connectivity index (χ4n) is 2.73. The second-order valence-corrected chi connectivity index (χ2v) is 7.13. The summed E-state index contributed by atoms with van der Waals surface area (Å²) in [6.07, 6.45) is -0.703. The number of hydrogen-bond acceptors (Lipinski definition) is 3. The number of carbonyl (C=O) groups excluding carboxylic acids is 2. The largest absolute Gasteiger partial charge is 0.481 e. The number of benzene rings is 2. The Labute approximate surface area is 161 Å². The second kappa shape index (κ2) is 8.71. The third kappa shape index (κ3) is 5.33. The molecule has 2 N–H and O–H groups in total. The molecule has 27 heavy (non-hydrogen) atoms. The topological polar surface area (TPSA) is 67.4 Å². The first-order valence-electron chi connectivity index (χ1n) is 9.14. The lowest BCUT2D eigenvalue weighted by molar-refractivity contribution is -0.122. The van der Waals surface area contributed by atoms with Crippen LogP contribution >= 0.6 is 0 Å². The minimum absolute atomic E-state index is 0.0102. The molecule has 2 rings (SSSR count). The van der Waals surface area contributed by atoms with Gasteiger partial charge in [-0.3, -0.25) is 9.59 Å². The molecule has 0 aliphatic rings. The van der Waals surface area contributed by atoms with E-state index < -0.39 is 6.10 Å². The van der Waals surface area contributed by atoms with Crippen molar-refractivity contribution < 1.29 is 14.3 Å². The van der Waals surface area contributed by atoms with E-state index in [0.717, 1.165) is 16.7 Å². The van der Waals surface area contributed by atoms with Crippen molar-refractivity contribution in [2.45, 2.75) is 53.7 Å². The van der Waals surface area contributed by atoms with Crippen LogP contribution < -0.4 is 15.4 Å². The van der Waals surface area contributed by atoms with Gasteiger partial charge in [-0.15, -0.1) is 0 Å². The summed E-state index contributed by atoms with van der Waals surface area (Å²) in [5.74, 6) is 0.166. The zero-order valence-electron chi connectivity index (χ0n) is 16.8. The summed E-state index contributed by atoms with van der Waals surface area (Å²) in [6.45, 7) is 11.5. The van der Waals surface area contributed by atoms with Crippen LogP contribution in [0.1, 0.15) is 47.8 Å². The number of anilines is 1. The lowest BCUT2D eigenvalue weighted by Crippen LogP contribution is -2.33. The van der Waals surface area contributed by atoms with E-state index in [1.807, 2.05) is 40.7 Å². The van der Waals surface area contributed by atoms with Gasteiger partial charge < -0.3 is 15.4 Å². The minimum Gasteiger partial charge on any atom is -0.481 e. The molecular weight excluding hydrogens is 340 g/mol. The van der Waals surface area contributed by atoms with Crippen LogP contribution in [0.25, 0.3) is 0 Å². The first kappa shape index (κ1) is 20.5. The van der Waals surface area contributed by atoms with Crippen LogP contribution in [-0.2, 0) is 4.79 Å².